The van der Waals surface area contributed by atoms with Crippen LogP contribution in [0.25, 0.3) is 0 Å². The summed E-state index contributed by atoms with van der Waals surface area (Å²) < 4.78 is 5.28. The zero-order valence-electron chi connectivity index (χ0n) is 9.63. The lowest BCUT2D eigenvalue weighted by atomic mass is 10.1. The molecular weight excluding hydrogens is 214 g/mol. The number of carbonyl (C=O) groups excluding carboxylic acids is 1. The molecule has 0 aromatic heterocycles. The lowest BCUT2D eigenvalue weighted by Crippen LogP contribution is -2.34. The first-order chi connectivity index (χ1) is 8.31. The van der Waals surface area contributed by atoms with E-state index in [-0.39, 0.29) is 6.09 Å². The van der Waals surface area contributed by atoms with Crippen LogP contribution in [0.2, 0.25) is 0 Å². The second kappa shape index (κ2) is 5.34. The van der Waals surface area contributed by atoms with E-state index in [1.807, 2.05) is 24.3 Å². The molecule has 0 spiro atoms. The third kappa shape index (κ3) is 2.75. The summed E-state index contributed by atoms with van der Waals surface area (Å²) in [7, 11) is 0. The Morgan fingerprint density at radius 3 is 2.82 bits per heavy atom. The summed E-state index contributed by atoms with van der Waals surface area (Å²) in [6.45, 7) is 4.39. The predicted octanol–water partition coefficient (Wildman–Crippen LogP) is 3.35. The molecule has 2 rings (SSSR count). The SMILES string of the molecule is C=CC1=CCCCN1C(=O)Oc1ccccc1. The van der Waals surface area contributed by atoms with Gasteiger partial charge in [0.05, 0.1) is 0 Å². The van der Waals surface area contributed by atoms with E-state index in [4.69, 9.17) is 4.74 Å². The minimum Gasteiger partial charge on any atom is -0.410 e. The molecule has 1 aromatic carbocycles. The highest BCUT2D eigenvalue weighted by atomic mass is 16.6. The minimum atomic E-state index is -0.345. The summed E-state index contributed by atoms with van der Waals surface area (Å²) in [5.74, 6) is 0.562. The lowest BCUT2D eigenvalue weighted by Gasteiger charge is -2.25. The Morgan fingerprint density at radius 2 is 2.12 bits per heavy atom. The largest absolute Gasteiger partial charge is 0.419 e. The average Bonchev–Trinajstić information content (AvgIpc) is 2.40. The van der Waals surface area contributed by atoms with Crippen LogP contribution in [-0.2, 0) is 0 Å². The van der Waals surface area contributed by atoms with Crippen LogP contribution in [0.15, 0.2) is 54.8 Å². The molecule has 1 aromatic rings. The number of hydrogen-bond donors (Lipinski definition) is 0. The molecule has 0 fully saturated rings. The van der Waals surface area contributed by atoms with Gasteiger partial charge in [-0.2, -0.15) is 0 Å². The molecule has 0 aliphatic carbocycles. The van der Waals surface area contributed by atoms with Crippen LogP contribution < -0.4 is 4.74 Å². The molecule has 0 saturated carbocycles. The van der Waals surface area contributed by atoms with Gasteiger partial charge in [0.1, 0.15) is 5.75 Å². The molecule has 3 nitrogen and oxygen atoms in total. The number of hydrogen-bond acceptors (Lipinski definition) is 2. The molecule has 0 saturated heterocycles. The van der Waals surface area contributed by atoms with Gasteiger partial charge in [-0.1, -0.05) is 30.9 Å². The molecule has 1 aliphatic heterocycles. The quantitative estimate of drug-likeness (QED) is 0.778. The van der Waals surface area contributed by atoms with E-state index < -0.39 is 0 Å². The zero-order chi connectivity index (χ0) is 12.1. The van der Waals surface area contributed by atoms with Gasteiger partial charge in [0.25, 0.3) is 0 Å². The van der Waals surface area contributed by atoms with E-state index in [1.54, 1.807) is 23.1 Å². The van der Waals surface area contributed by atoms with Crippen molar-refractivity contribution in [2.45, 2.75) is 12.8 Å². The molecule has 1 heterocycles. The van der Waals surface area contributed by atoms with E-state index >= 15 is 0 Å². The van der Waals surface area contributed by atoms with E-state index in [2.05, 4.69) is 6.58 Å². The molecule has 1 aliphatic rings. The number of amides is 1. The summed E-state index contributed by atoms with van der Waals surface area (Å²) >= 11 is 0. The van der Waals surface area contributed by atoms with Gasteiger partial charge >= 0.3 is 6.09 Å². The predicted molar refractivity (Wildman–Crippen MR) is 66.7 cm³/mol. The fourth-order valence-electron chi connectivity index (χ4n) is 1.77. The highest BCUT2D eigenvalue weighted by molar-refractivity contribution is 5.73. The fourth-order valence-corrected chi connectivity index (χ4v) is 1.77. The van der Waals surface area contributed by atoms with Gasteiger partial charge in [-0.25, -0.2) is 4.79 Å². The number of ether oxygens (including phenoxy) is 1. The normalized spacial score (nSPS) is 15.1. The number of benzene rings is 1. The monoisotopic (exact) mass is 229 g/mol. The maximum atomic E-state index is 12.0. The lowest BCUT2D eigenvalue weighted by molar-refractivity contribution is 0.164. The van der Waals surface area contributed by atoms with Gasteiger partial charge < -0.3 is 4.74 Å². The van der Waals surface area contributed by atoms with Crippen LogP contribution >= 0.6 is 0 Å². The highest BCUT2D eigenvalue weighted by Crippen LogP contribution is 2.18. The molecule has 1 amide bonds. The van der Waals surface area contributed by atoms with Crippen molar-refractivity contribution in [3.05, 3.63) is 54.8 Å². The summed E-state index contributed by atoms with van der Waals surface area (Å²) in [5, 5.41) is 0. The van der Waals surface area contributed by atoms with Crippen LogP contribution in [-0.4, -0.2) is 17.5 Å². The van der Waals surface area contributed by atoms with Gasteiger partial charge in [-0.15, -0.1) is 0 Å². The van der Waals surface area contributed by atoms with Gasteiger partial charge in [0, 0.05) is 12.2 Å². The Balaban J connectivity index is 2.07. The molecule has 88 valence electrons. The second-order valence-electron chi connectivity index (χ2n) is 3.81. The van der Waals surface area contributed by atoms with Crippen molar-refractivity contribution in [1.29, 1.82) is 0 Å². The summed E-state index contributed by atoms with van der Waals surface area (Å²) in [4.78, 5) is 13.6. The smallest absolute Gasteiger partial charge is 0.410 e. The van der Waals surface area contributed by atoms with Crippen molar-refractivity contribution in [1.82, 2.24) is 4.90 Å². The summed E-state index contributed by atoms with van der Waals surface area (Å²) in [6.07, 6.45) is 5.29. The number of carbonyl (C=O) groups is 1. The first-order valence-electron chi connectivity index (χ1n) is 5.68. The number of para-hydroxylation sites is 1. The molecule has 0 unspecified atom stereocenters. The average molecular weight is 229 g/mol. The zero-order valence-corrected chi connectivity index (χ0v) is 9.63. The number of rotatable bonds is 2. The molecule has 0 N–H and O–H groups in total. The molecular formula is C14H15NO2. The Bertz CT molecular complexity index is 437. The topological polar surface area (TPSA) is 29.5 Å². The maximum Gasteiger partial charge on any atom is 0.419 e. The number of nitrogens with zero attached hydrogens (tertiary/aromatic N) is 1. The van der Waals surface area contributed by atoms with Crippen LogP contribution in [0, 0.1) is 0 Å². The fraction of sp³-hybridized carbons (Fsp3) is 0.214. The minimum absolute atomic E-state index is 0.345. The van der Waals surface area contributed by atoms with E-state index in [1.165, 1.54) is 0 Å². The summed E-state index contributed by atoms with van der Waals surface area (Å²) in [5.41, 5.74) is 0.831. The molecule has 17 heavy (non-hydrogen) atoms. The highest BCUT2D eigenvalue weighted by Gasteiger charge is 2.20. The second-order valence-corrected chi connectivity index (χ2v) is 3.81. The van der Waals surface area contributed by atoms with Gasteiger partial charge in [-0.05, 0) is 31.1 Å². The van der Waals surface area contributed by atoms with Crippen LogP contribution in [0.5, 0.6) is 5.75 Å². The van der Waals surface area contributed by atoms with Crippen molar-refractivity contribution >= 4 is 6.09 Å². The Labute approximate surface area is 101 Å². The van der Waals surface area contributed by atoms with Crippen molar-refractivity contribution in [3.63, 3.8) is 0 Å². The van der Waals surface area contributed by atoms with Crippen LogP contribution in [0.3, 0.4) is 0 Å². The molecule has 0 radical (unpaired) electrons. The Kier molecular flexibility index (Phi) is 3.60. The Hall–Kier alpha value is -2.03. The molecule has 0 atom stereocenters. The molecule has 3 heteroatoms. The van der Waals surface area contributed by atoms with Gasteiger partial charge in [0.2, 0.25) is 0 Å². The van der Waals surface area contributed by atoms with Crippen molar-refractivity contribution in [2.75, 3.05) is 6.54 Å². The van der Waals surface area contributed by atoms with Crippen LogP contribution in [0.4, 0.5) is 4.79 Å². The first kappa shape index (κ1) is 11.5. The standard InChI is InChI=1S/C14H15NO2/c1-2-12-8-6-7-11-15(12)14(16)17-13-9-4-3-5-10-13/h2-5,8-10H,1,6-7,11H2. The van der Waals surface area contributed by atoms with E-state index in [0.717, 1.165) is 18.5 Å². The van der Waals surface area contributed by atoms with Crippen LogP contribution in [0.1, 0.15) is 12.8 Å². The van der Waals surface area contributed by atoms with Crippen molar-refractivity contribution in [3.8, 4) is 5.75 Å². The van der Waals surface area contributed by atoms with Crippen molar-refractivity contribution in [2.24, 2.45) is 0 Å². The van der Waals surface area contributed by atoms with E-state index in [0.29, 0.717) is 12.3 Å². The molecule has 0 bridgehead atoms. The first-order valence-corrected chi connectivity index (χ1v) is 5.68. The van der Waals surface area contributed by atoms with Crippen molar-refractivity contribution < 1.29 is 9.53 Å². The maximum absolute atomic E-state index is 12.0. The van der Waals surface area contributed by atoms with Gasteiger partial charge in [0.15, 0.2) is 0 Å². The number of allylic oxidation sites excluding steroid dienone is 2. The van der Waals surface area contributed by atoms with E-state index in [9.17, 15) is 4.79 Å². The third-order valence-electron chi connectivity index (χ3n) is 2.63. The Morgan fingerprint density at radius 1 is 1.35 bits per heavy atom. The summed E-state index contributed by atoms with van der Waals surface area (Å²) in [6, 6.07) is 9.08. The third-order valence-corrected chi connectivity index (χ3v) is 2.63. The van der Waals surface area contributed by atoms with Gasteiger partial charge in [-0.3, -0.25) is 4.90 Å².